The molecule has 2 nitrogen and oxygen atoms in total. The molecule has 0 N–H and O–H groups in total. The van der Waals surface area contributed by atoms with Crippen LogP contribution in [0, 0.1) is 18.3 Å². The molecular formula is C12H10NO. The SMILES string of the molecule is [CH2]CCc1coc2ccc(C#N)cc12. The number of nitrogens with zero attached hydrogens (tertiary/aromatic N) is 1. The van der Waals surface area contributed by atoms with Crippen molar-refractivity contribution in [1.82, 2.24) is 0 Å². The minimum absolute atomic E-state index is 0.671. The molecule has 1 aromatic carbocycles. The summed E-state index contributed by atoms with van der Waals surface area (Å²) in [6, 6.07) is 7.58. The van der Waals surface area contributed by atoms with Crippen LogP contribution in [-0.4, -0.2) is 0 Å². The number of rotatable bonds is 2. The Balaban J connectivity index is 2.59. The quantitative estimate of drug-likeness (QED) is 0.719. The molecule has 1 heterocycles. The van der Waals surface area contributed by atoms with Crippen molar-refractivity contribution in [2.24, 2.45) is 0 Å². The standard InChI is InChI=1S/C12H10NO/c1-2-3-10-8-14-12-5-4-9(7-13)6-11(10)12/h4-6,8H,1-3H2. The normalized spacial score (nSPS) is 10.3. The van der Waals surface area contributed by atoms with Crippen molar-refractivity contribution in [2.45, 2.75) is 12.8 Å². The fourth-order valence-corrected chi connectivity index (χ4v) is 1.54. The van der Waals surface area contributed by atoms with E-state index in [2.05, 4.69) is 13.0 Å². The van der Waals surface area contributed by atoms with Crippen molar-refractivity contribution in [1.29, 1.82) is 5.26 Å². The van der Waals surface area contributed by atoms with Crippen LogP contribution in [0.2, 0.25) is 0 Å². The van der Waals surface area contributed by atoms with Gasteiger partial charge in [-0.25, -0.2) is 0 Å². The van der Waals surface area contributed by atoms with Gasteiger partial charge in [0, 0.05) is 5.39 Å². The largest absolute Gasteiger partial charge is 0.464 e. The van der Waals surface area contributed by atoms with Gasteiger partial charge in [0.15, 0.2) is 0 Å². The molecule has 0 saturated heterocycles. The van der Waals surface area contributed by atoms with Crippen LogP contribution in [0.1, 0.15) is 17.5 Å². The van der Waals surface area contributed by atoms with Gasteiger partial charge in [0.1, 0.15) is 5.58 Å². The number of furan rings is 1. The van der Waals surface area contributed by atoms with Crippen molar-refractivity contribution in [2.75, 3.05) is 0 Å². The summed E-state index contributed by atoms with van der Waals surface area (Å²) >= 11 is 0. The van der Waals surface area contributed by atoms with Gasteiger partial charge in [-0.15, -0.1) is 0 Å². The van der Waals surface area contributed by atoms with E-state index in [4.69, 9.17) is 9.68 Å². The Morgan fingerprint density at radius 1 is 1.43 bits per heavy atom. The molecule has 0 unspecified atom stereocenters. The molecule has 0 atom stereocenters. The second kappa shape index (κ2) is 3.55. The van der Waals surface area contributed by atoms with E-state index >= 15 is 0 Å². The summed E-state index contributed by atoms with van der Waals surface area (Å²) in [4.78, 5) is 0. The number of nitriles is 1. The summed E-state index contributed by atoms with van der Waals surface area (Å²) in [6.07, 6.45) is 3.48. The molecule has 0 bridgehead atoms. The van der Waals surface area contributed by atoms with Gasteiger partial charge in [-0.2, -0.15) is 5.26 Å². The highest BCUT2D eigenvalue weighted by Gasteiger charge is 2.05. The Bertz CT molecular complexity index is 490. The molecule has 0 aliphatic rings. The van der Waals surface area contributed by atoms with E-state index < -0.39 is 0 Å². The first-order chi connectivity index (χ1) is 6.85. The van der Waals surface area contributed by atoms with Gasteiger partial charge in [-0.3, -0.25) is 0 Å². The lowest BCUT2D eigenvalue weighted by Crippen LogP contribution is -1.80. The predicted molar refractivity (Wildman–Crippen MR) is 54.6 cm³/mol. The summed E-state index contributed by atoms with van der Waals surface area (Å²) in [5.74, 6) is 0. The molecule has 69 valence electrons. The first-order valence-electron chi connectivity index (χ1n) is 4.54. The van der Waals surface area contributed by atoms with Crippen LogP contribution in [-0.2, 0) is 6.42 Å². The van der Waals surface area contributed by atoms with Crippen molar-refractivity contribution < 1.29 is 4.42 Å². The first-order valence-corrected chi connectivity index (χ1v) is 4.54. The van der Waals surface area contributed by atoms with E-state index in [0.717, 1.165) is 29.4 Å². The Labute approximate surface area is 82.8 Å². The second-order valence-corrected chi connectivity index (χ2v) is 3.19. The molecule has 1 aromatic heterocycles. The molecule has 0 fully saturated rings. The molecule has 0 aliphatic carbocycles. The van der Waals surface area contributed by atoms with E-state index in [9.17, 15) is 0 Å². The lowest BCUT2D eigenvalue weighted by Gasteiger charge is -1.94. The maximum atomic E-state index is 8.76. The molecule has 1 radical (unpaired) electrons. The van der Waals surface area contributed by atoms with Gasteiger partial charge in [0.2, 0.25) is 0 Å². The molecule has 0 aliphatic heterocycles. The van der Waals surface area contributed by atoms with Gasteiger partial charge in [-0.05, 0) is 36.6 Å². The summed E-state index contributed by atoms with van der Waals surface area (Å²) in [5.41, 5.74) is 2.64. The third-order valence-electron chi connectivity index (χ3n) is 2.23. The Hall–Kier alpha value is -1.75. The maximum absolute atomic E-state index is 8.76. The van der Waals surface area contributed by atoms with Crippen LogP contribution < -0.4 is 0 Å². The molecule has 2 aromatic rings. The molecule has 14 heavy (non-hydrogen) atoms. The highest BCUT2D eigenvalue weighted by atomic mass is 16.3. The zero-order chi connectivity index (χ0) is 9.97. The first kappa shape index (κ1) is 8.83. The van der Waals surface area contributed by atoms with Crippen LogP contribution in [0.4, 0.5) is 0 Å². The Kier molecular flexibility index (Phi) is 2.24. The summed E-state index contributed by atoms with van der Waals surface area (Å²) in [5, 5.41) is 9.80. The lowest BCUT2D eigenvalue weighted by molar-refractivity contribution is 0.610. The lowest BCUT2D eigenvalue weighted by atomic mass is 10.1. The minimum Gasteiger partial charge on any atom is -0.464 e. The highest BCUT2D eigenvalue weighted by Crippen LogP contribution is 2.23. The predicted octanol–water partition coefficient (Wildman–Crippen LogP) is 3.07. The van der Waals surface area contributed by atoms with E-state index in [1.165, 1.54) is 0 Å². The third kappa shape index (κ3) is 1.38. The Morgan fingerprint density at radius 3 is 3.00 bits per heavy atom. The van der Waals surface area contributed by atoms with Crippen LogP contribution in [0.3, 0.4) is 0 Å². The molecule has 2 heteroatoms. The van der Waals surface area contributed by atoms with Gasteiger partial charge in [0.25, 0.3) is 0 Å². The van der Waals surface area contributed by atoms with E-state index in [-0.39, 0.29) is 0 Å². The fourth-order valence-electron chi connectivity index (χ4n) is 1.54. The van der Waals surface area contributed by atoms with Crippen molar-refractivity contribution >= 4 is 11.0 Å². The highest BCUT2D eigenvalue weighted by molar-refractivity contribution is 5.82. The molecule has 0 spiro atoms. The van der Waals surface area contributed by atoms with E-state index in [1.807, 2.05) is 12.1 Å². The Morgan fingerprint density at radius 2 is 2.29 bits per heavy atom. The fraction of sp³-hybridized carbons (Fsp3) is 0.167. The average molecular weight is 184 g/mol. The number of hydrogen-bond acceptors (Lipinski definition) is 2. The summed E-state index contributed by atoms with van der Waals surface area (Å²) in [7, 11) is 0. The number of benzene rings is 1. The monoisotopic (exact) mass is 184 g/mol. The molecule has 0 saturated carbocycles. The van der Waals surface area contributed by atoms with Gasteiger partial charge in [-0.1, -0.05) is 6.92 Å². The third-order valence-corrected chi connectivity index (χ3v) is 2.23. The topological polar surface area (TPSA) is 36.9 Å². The van der Waals surface area contributed by atoms with Crippen molar-refractivity contribution in [3.8, 4) is 6.07 Å². The summed E-state index contributed by atoms with van der Waals surface area (Å²) < 4.78 is 5.36. The average Bonchev–Trinajstić information content (AvgIpc) is 2.61. The zero-order valence-electron chi connectivity index (χ0n) is 7.79. The van der Waals surface area contributed by atoms with Crippen LogP contribution in [0.15, 0.2) is 28.9 Å². The van der Waals surface area contributed by atoms with Crippen molar-refractivity contribution in [3.05, 3.63) is 42.5 Å². The molecule has 0 amide bonds. The smallest absolute Gasteiger partial charge is 0.134 e. The van der Waals surface area contributed by atoms with Gasteiger partial charge in [0.05, 0.1) is 17.9 Å². The van der Waals surface area contributed by atoms with Crippen LogP contribution in [0.5, 0.6) is 0 Å². The maximum Gasteiger partial charge on any atom is 0.134 e. The zero-order valence-corrected chi connectivity index (χ0v) is 7.79. The van der Waals surface area contributed by atoms with E-state index in [0.29, 0.717) is 5.56 Å². The number of hydrogen-bond donors (Lipinski definition) is 0. The van der Waals surface area contributed by atoms with E-state index in [1.54, 1.807) is 12.3 Å². The molecule has 2 rings (SSSR count). The molecular weight excluding hydrogens is 174 g/mol. The minimum atomic E-state index is 0.671. The van der Waals surface area contributed by atoms with Crippen molar-refractivity contribution in [3.63, 3.8) is 0 Å². The van der Waals surface area contributed by atoms with Crippen LogP contribution >= 0.6 is 0 Å². The number of fused-ring (bicyclic) bond motifs is 1. The number of aryl methyl sites for hydroxylation is 1. The van der Waals surface area contributed by atoms with Gasteiger partial charge >= 0.3 is 0 Å². The van der Waals surface area contributed by atoms with Gasteiger partial charge < -0.3 is 4.42 Å². The second-order valence-electron chi connectivity index (χ2n) is 3.19. The summed E-state index contributed by atoms with van der Waals surface area (Å²) in [6.45, 7) is 3.80. The van der Waals surface area contributed by atoms with Crippen LogP contribution in [0.25, 0.3) is 11.0 Å².